The van der Waals surface area contributed by atoms with Gasteiger partial charge < -0.3 is 9.47 Å². The molecule has 5 heteroatoms. The predicted molar refractivity (Wildman–Crippen MR) is 70.2 cm³/mol. The Morgan fingerprint density at radius 1 is 1.15 bits per heavy atom. The van der Waals surface area contributed by atoms with E-state index < -0.39 is 11.6 Å². The molecule has 0 heterocycles. The van der Waals surface area contributed by atoms with E-state index in [1.165, 1.54) is 20.3 Å². The van der Waals surface area contributed by atoms with Gasteiger partial charge in [0.2, 0.25) is 0 Å². The number of carbonyl (C=O) groups is 2. The Balaban J connectivity index is 2.61. The summed E-state index contributed by atoms with van der Waals surface area (Å²) < 4.78 is 9.91. The molecule has 0 unspecified atom stereocenters. The zero-order valence-electron chi connectivity index (χ0n) is 11.0. The fourth-order valence-corrected chi connectivity index (χ4v) is 1.96. The van der Waals surface area contributed by atoms with Gasteiger partial charge in [0.15, 0.2) is 17.3 Å². The molecule has 0 bridgehead atoms. The van der Waals surface area contributed by atoms with Gasteiger partial charge in [-0.3, -0.25) is 9.59 Å². The van der Waals surface area contributed by atoms with Crippen LogP contribution in [0.15, 0.2) is 41.9 Å². The molecule has 0 spiro atoms. The van der Waals surface area contributed by atoms with Crippen molar-refractivity contribution >= 4 is 17.1 Å². The summed E-state index contributed by atoms with van der Waals surface area (Å²) in [5, 5.41) is 8.90. The van der Waals surface area contributed by atoms with Crippen molar-refractivity contribution in [3.63, 3.8) is 0 Å². The lowest BCUT2D eigenvalue weighted by Gasteiger charge is -2.17. The van der Waals surface area contributed by atoms with E-state index in [0.29, 0.717) is 11.1 Å². The van der Waals surface area contributed by atoms with Crippen molar-refractivity contribution in [3.05, 3.63) is 53.0 Å². The lowest BCUT2D eigenvalue weighted by Crippen LogP contribution is -2.20. The van der Waals surface area contributed by atoms with E-state index in [4.69, 9.17) is 14.7 Å². The summed E-state index contributed by atoms with van der Waals surface area (Å²) in [6, 6.07) is 8.42. The van der Waals surface area contributed by atoms with Crippen molar-refractivity contribution < 1.29 is 19.1 Å². The standard InChI is InChI=1S/C15H11NO4/c1-19-12-7-11(17)13(15(20-2)14(12)18)10-5-3-4-9(6-10)8-16/h3-7H,1-2H3. The van der Waals surface area contributed by atoms with Gasteiger partial charge in [-0.2, -0.15) is 5.26 Å². The number of Topliss-reactive ketones (excluding diaryl/α,β-unsaturated/α-hetero) is 1. The SMILES string of the molecule is COC1=CC(=O)C(c2cccc(C#N)c2)=C(OC)C1=O. The first-order valence-electron chi connectivity index (χ1n) is 5.76. The number of nitriles is 1. The lowest BCUT2D eigenvalue weighted by atomic mass is 9.93. The second-order valence-electron chi connectivity index (χ2n) is 4.01. The molecule has 0 fully saturated rings. The van der Waals surface area contributed by atoms with Crippen molar-refractivity contribution in [3.8, 4) is 6.07 Å². The van der Waals surface area contributed by atoms with Gasteiger partial charge >= 0.3 is 0 Å². The highest BCUT2D eigenvalue weighted by atomic mass is 16.5. The molecule has 0 radical (unpaired) electrons. The van der Waals surface area contributed by atoms with Crippen LogP contribution in [0.3, 0.4) is 0 Å². The van der Waals surface area contributed by atoms with E-state index in [1.807, 2.05) is 6.07 Å². The zero-order valence-corrected chi connectivity index (χ0v) is 11.0. The molecule has 20 heavy (non-hydrogen) atoms. The third-order valence-electron chi connectivity index (χ3n) is 2.87. The molecule has 0 aliphatic heterocycles. The van der Waals surface area contributed by atoms with Gasteiger partial charge in [0.1, 0.15) is 0 Å². The quantitative estimate of drug-likeness (QED) is 0.779. The number of carbonyl (C=O) groups excluding carboxylic acids is 2. The molecule has 0 saturated carbocycles. The van der Waals surface area contributed by atoms with Crippen LogP contribution >= 0.6 is 0 Å². The van der Waals surface area contributed by atoms with Crippen LogP contribution in [0.25, 0.3) is 5.57 Å². The second-order valence-corrected chi connectivity index (χ2v) is 4.01. The largest absolute Gasteiger partial charge is 0.492 e. The normalized spacial score (nSPS) is 14.8. The van der Waals surface area contributed by atoms with Crippen LogP contribution in [0.4, 0.5) is 0 Å². The Morgan fingerprint density at radius 2 is 1.90 bits per heavy atom. The smallest absolute Gasteiger partial charge is 0.262 e. The predicted octanol–water partition coefficient (Wildman–Crippen LogP) is 1.60. The van der Waals surface area contributed by atoms with Gasteiger partial charge in [-0.1, -0.05) is 12.1 Å². The highest BCUT2D eigenvalue weighted by Gasteiger charge is 2.31. The Kier molecular flexibility index (Phi) is 3.67. The summed E-state index contributed by atoms with van der Waals surface area (Å²) in [6.45, 7) is 0. The summed E-state index contributed by atoms with van der Waals surface area (Å²) in [4.78, 5) is 24.2. The molecule has 5 nitrogen and oxygen atoms in total. The first kappa shape index (κ1) is 13.6. The molecule has 0 atom stereocenters. The van der Waals surface area contributed by atoms with Crippen molar-refractivity contribution in [1.82, 2.24) is 0 Å². The summed E-state index contributed by atoms with van der Waals surface area (Å²) in [5.74, 6) is -1.03. The summed E-state index contributed by atoms with van der Waals surface area (Å²) >= 11 is 0. The Labute approximate surface area is 115 Å². The van der Waals surface area contributed by atoms with E-state index >= 15 is 0 Å². The second kappa shape index (κ2) is 5.41. The number of hydrogen-bond donors (Lipinski definition) is 0. The minimum absolute atomic E-state index is 0.0629. The maximum atomic E-state index is 12.1. The monoisotopic (exact) mass is 269 g/mol. The third kappa shape index (κ3) is 2.19. The van der Waals surface area contributed by atoms with Crippen molar-refractivity contribution in [2.45, 2.75) is 0 Å². The van der Waals surface area contributed by atoms with E-state index in [0.717, 1.165) is 6.08 Å². The van der Waals surface area contributed by atoms with Crippen LogP contribution in [-0.4, -0.2) is 25.8 Å². The van der Waals surface area contributed by atoms with Crippen molar-refractivity contribution in [1.29, 1.82) is 5.26 Å². The summed E-state index contributed by atoms with van der Waals surface area (Å²) in [5.41, 5.74) is 0.994. The van der Waals surface area contributed by atoms with Gasteiger partial charge in [0.05, 0.1) is 31.4 Å². The summed E-state index contributed by atoms with van der Waals surface area (Å²) in [7, 11) is 2.62. The van der Waals surface area contributed by atoms with E-state index in [9.17, 15) is 9.59 Å². The third-order valence-corrected chi connectivity index (χ3v) is 2.87. The Hall–Kier alpha value is -2.87. The van der Waals surface area contributed by atoms with Gasteiger partial charge in [-0.15, -0.1) is 0 Å². The van der Waals surface area contributed by atoms with E-state index in [2.05, 4.69) is 0 Å². The number of nitrogens with zero attached hydrogens (tertiary/aromatic N) is 1. The maximum Gasteiger partial charge on any atom is 0.262 e. The molecule has 1 aromatic rings. The average Bonchev–Trinajstić information content (AvgIpc) is 2.48. The summed E-state index contributed by atoms with van der Waals surface area (Å²) in [6.07, 6.45) is 1.12. The topological polar surface area (TPSA) is 76.4 Å². The minimum Gasteiger partial charge on any atom is -0.492 e. The number of rotatable bonds is 3. The molecule has 1 aromatic carbocycles. The van der Waals surface area contributed by atoms with Crippen LogP contribution in [-0.2, 0) is 19.1 Å². The molecule has 100 valence electrons. The van der Waals surface area contributed by atoms with Crippen LogP contribution < -0.4 is 0 Å². The molecule has 2 rings (SSSR count). The number of ether oxygens (including phenoxy) is 2. The van der Waals surface area contributed by atoms with E-state index in [-0.39, 0.29) is 17.1 Å². The van der Waals surface area contributed by atoms with Gasteiger partial charge in [0, 0.05) is 6.08 Å². The fraction of sp³-hybridized carbons (Fsp3) is 0.133. The van der Waals surface area contributed by atoms with Gasteiger partial charge in [0.25, 0.3) is 5.78 Å². The fourth-order valence-electron chi connectivity index (χ4n) is 1.96. The molecule has 0 amide bonds. The molecule has 0 saturated heterocycles. The van der Waals surface area contributed by atoms with Crippen LogP contribution in [0.5, 0.6) is 0 Å². The lowest BCUT2D eigenvalue weighted by molar-refractivity contribution is -0.119. The first-order chi connectivity index (χ1) is 9.62. The molecule has 0 aromatic heterocycles. The van der Waals surface area contributed by atoms with Crippen LogP contribution in [0, 0.1) is 11.3 Å². The Morgan fingerprint density at radius 3 is 2.50 bits per heavy atom. The van der Waals surface area contributed by atoms with Crippen LogP contribution in [0.2, 0.25) is 0 Å². The van der Waals surface area contributed by atoms with Crippen molar-refractivity contribution in [2.75, 3.05) is 14.2 Å². The molecule has 1 aliphatic rings. The Bertz CT molecular complexity index is 692. The highest BCUT2D eigenvalue weighted by Crippen LogP contribution is 2.28. The van der Waals surface area contributed by atoms with Gasteiger partial charge in [-0.05, 0) is 17.7 Å². The molecule has 1 aliphatic carbocycles. The number of methoxy groups -OCH3 is 2. The first-order valence-corrected chi connectivity index (χ1v) is 5.76. The molecular formula is C15H11NO4. The van der Waals surface area contributed by atoms with Crippen molar-refractivity contribution in [2.24, 2.45) is 0 Å². The molecular weight excluding hydrogens is 258 g/mol. The zero-order chi connectivity index (χ0) is 14.7. The van der Waals surface area contributed by atoms with Gasteiger partial charge in [-0.25, -0.2) is 0 Å². The van der Waals surface area contributed by atoms with E-state index in [1.54, 1.807) is 18.2 Å². The number of ketones is 2. The molecule has 0 N–H and O–H groups in total. The highest BCUT2D eigenvalue weighted by molar-refractivity contribution is 6.36. The average molecular weight is 269 g/mol. The maximum absolute atomic E-state index is 12.1. The number of benzene rings is 1. The number of hydrogen-bond acceptors (Lipinski definition) is 5. The van der Waals surface area contributed by atoms with Crippen LogP contribution in [0.1, 0.15) is 11.1 Å². The minimum atomic E-state index is -0.494. The number of allylic oxidation sites excluding steroid dienone is 2.